The van der Waals surface area contributed by atoms with Gasteiger partial charge in [-0.3, -0.25) is 4.79 Å². The van der Waals surface area contributed by atoms with Crippen molar-refractivity contribution < 1.29 is 19.0 Å². The number of nitrogens with one attached hydrogen (secondary N) is 1. The van der Waals surface area contributed by atoms with Crippen molar-refractivity contribution in [1.29, 1.82) is 0 Å². The summed E-state index contributed by atoms with van der Waals surface area (Å²) in [6, 6.07) is 4.72. The highest BCUT2D eigenvalue weighted by molar-refractivity contribution is 5.91. The molecule has 0 saturated heterocycles. The van der Waals surface area contributed by atoms with E-state index in [-0.39, 0.29) is 35.7 Å². The number of cyclic esters (lactones) is 1. The van der Waals surface area contributed by atoms with Crippen LogP contribution in [0.2, 0.25) is 0 Å². The summed E-state index contributed by atoms with van der Waals surface area (Å²) in [4.78, 5) is 29.7. The first kappa shape index (κ1) is 21.3. The highest BCUT2D eigenvalue weighted by Gasteiger charge is 2.34. The quantitative estimate of drug-likeness (QED) is 0.284. The Labute approximate surface area is 189 Å². The van der Waals surface area contributed by atoms with Crippen molar-refractivity contribution in [1.82, 2.24) is 14.9 Å². The summed E-state index contributed by atoms with van der Waals surface area (Å²) < 4.78 is 20.9. The van der Waals surface area contributed by atoms with Crippen LogP contribution in [-0.4, -0.2) is 33.7 Å². The van der Waals surface area contributed by atoms with Crippen LogP contribution < -0.4 is 10.9 Å². The molecule has 0 fully saturated rings. The van der Waals surface area contributed by atoms with Crippen LogP contribution in [0.3, 0.4) is 0 Å². The molecule has 0 saturated carbocycles. The molecule has 0 amide bonds. The molecule has 8 heteroatoms. The minimum Gasteiger partial charge on any atom is -0.458 e. The molecule has 4 heterocycles. The van der Waals surface area contributed by atoms with Crippen LogP contribution in [0.4, 0.5) is 4.39 Å². The second-order valence-corrected chi connectivity index (χ2v) is 8.20. The van der Waals surface area contributed by atoms with Gasteiger partial charge in [0.05, 0.1) is 29.0 Å². The molecule has 7 nitrogen and oxygen atoms in total. The number of nitrogens with zero attached hydrogens (tertiary/aromatic N) is 2. The molecule has 0 radical (unpaired) electrons. The van der Waals surface area contributed by atoms with Crippen LogP contribution in [0, 0.1) is 24.6 Å². The normalized spacial score (nSPS) is 16.0. The molecule has 5 rings (SSSR count). The van der Waals surface area contributed by atoms with Gasteiger partial charge < -0.3 is 19.7 Å². The van der Waals surface area contributed by atoms with Gasteiger partial charge in [-0.25, -0.2) is 14.2 Å². The number of benzene rings is 1. The van der Waals surface area contributed by atoms with E-state index in [1.807, 2.05) is 6.92 Å². The molecule has 1 atom stereocenters. The standard InChI is InChI=1S/C25H22FN3O4/c1-3-27-7-5-4-6-14-15-8-13(2)19(26)10-20(15)28-22-17(14)11-29-21(22)9-16-18(24(29)31)12-33-25(32)23(16)30/h8-10,23,27,30H,3,5,7,11-12H2,1-2H3. The number of rotatable bonds is 3. The first-order valence-corrected chi connectivity index (χ1v) is 10.8. The Morgan fingerprint density at radius 3 is 2.91 bits per heavy atom. The third-order valence-electron chi connectivity index (χ3n) is 6.13. The molecule has 2 aliphatic heterocycles. The molecular weight excluding hydrogens is 425 g/mol. The number of fused-ring (bicyclic) bond motifs is 5. The molecule has 0 spiro atoms. The molecule has 2 N–H and O–H groups in total. The minimum absolute atomic E-state index is 0.183. The van der Waals surface area contributed by atoms with Gasteiger partial charge in [0.25, 0.3) is 5.56 Å². The Kier molecular flexibility index (Phi) is 5.23. The molecule has 0 bridgehead atoms. The van der Waals surface area contributed by atoms with E-state index in [1.54, 1.807) is 23.6 Å². The number of halogens is 1. The van der Waals surface area contributed by atoms with Gasteiger partial charge in [0, 0.05) is 41.1 Å². The van der Waals surface area contributed by atoms with Crippen molar-refractivity contribution in [3.8, 4) is 23.2 Å². The lowest BCUT2D eigenvalue weighted by Gasteiger charge is -2.21. The molecule has 2 aliphatic rings. The zero-order chi connectivity index (χ0) is 23.3. The fourth-order valence-corrected chi connectivity index (χ4v) is 4.38. The number of aryl methyl sites for hydroxylation is 1. The van der Waals surface area contributed by atoms with Crippen molar-refractivity contribution in [3.05, 3.63) is 62.2 Å². The van der Waals surface area contributed by atoms with Gasteiger partial charge in [-0.1, -0.05) is 18.8 Å². The van der Waals surface area contributed by atoms with Crippen molar-refractivity contribution in [3.63, 3.8) is 0 Å². The van der Waals surface area contributed by atoms with Crippen LogP contribution in [0.1, 0.15) is 47.3 Å². The monoisotopic (exact) mass is 447 g/mol. The number of pyridine rings is 2. The van der Waals surface area contributed by atoms with E-state index in [1.165, 1.54) is 6.07 Å². The maximum Gasteiger partial charge on any atom is 0.340 e. The Morgan fingerprint density at radius 2 is 2.12 bits per heavy atom. The first-order valence-electron chi connectivity index (χ1n) is 10.8. The molecule has 168 valence electrons. The summed E-state index contributed by atoms with van der Waals surface area (Å²) >= 11 is 0. The topological polar surface area (TPSA) is 93.5 Å². The summed E-state index contributed by atoms with van der Waals surface area (Å²) in [5, 5.41) is 14.3. The number of hydrogen-bond donors (Lipinski definition) is 2. The number of carbonyl (C=O) groups is 1. The van der Waals surface area contributed by atoms with Crippen LogP contribution in [-0.2, 0) is 22.7 Å². The Morgan fingerprint density at radius 1 is 1.30 bits per heavy atom. The molecule has 2 aromatic heterocycles. The summed E-state index contributed by atoms with van der Waals surface area (Å²) in [6.45, 7) is 5.39. The second-order valence-electron chi connectivity index (χ2n) is 8.20. The Balaban J connectivity index is 1.74. The van der Waals surface area contributed by atoms with E-state index < -0.39 is 12.1 Å². The van der Waals surface area contributed by atoms with Gasteiger partial charge in [-0.2, -0.15) is 0 Å². The van der Waals surface area contributed by atoms with Gasteiger partial charge in [0.1, 0.15) is 12.4 Å². The lowest BCUT2D eigenvalue weighted by Crippen LogP contribution is -2.32. The first-order chi connectivity index (χ1) is 15.9. The fourth-order valence-electron chi connectivity index (χ4n) is 4.38. The van der Waals surface area contributed by atoms with E-state index in [0.29, 0.717) is 34.5 Å². The third-order valence-corrected chi connectivity index (χ3v) is 6.13. The van der Waals surface area contributed by atoms with E-state index in [2.05, 4.69) is 22.1 Å². The lowest BCUT2D eigenvalue weighted by molar-refractivity contribution is -0.157. The average molecular weight is 447 g/mol. The Bertz CT molecular complexity index is 1450. The van der Waals surface area contributed by atoms with Crippen LogP contribution in [0.15, 0.2) is 23.0 Å². The number of aliphatic hydroxyl groups excluding tert-OH is 1. The van der Waals surface area contributed by atoms with Crippen molar-refractivity contribution >= 4 is 16.9 Å². The molecule has 1 unspecified atom stereocenters. The Hall–Kier alpha value is -3.54. The smallest absolute Gasteiger partial charge is 0.340 e. The van der Waals surface area contributed by atoms with Crippen LogP contribution in [0.25, 0.3) is 22.3 Å². The zero-order valence-electron chi connectivity index (χ0n) is 18.3. The fraction of sp³-hybridized carbons (Fsp3) is 0.320. The molecule has 3 aromatic rings. The maximum atomic E-state index is 14.4. The molecule has 1 aromatic carbocycles. The van der Waals surface area contributed by atoms with Gasteiger partial charge in [0.2, 0.25) is 0 Å². The highest BCUT2D eigenvalue weighted by atomic mass is 19.1. The van der Waals surface area contributed by atoms with E-state index in [0.717, 1.165) is 24.0 Å². The summed E-state index contributed by atoms with van der Waals surface area (Å²) in [5.41, 5.74) is 3.52. The number of aromatic nitrogens is 2. The predicted molar refractivity (Wildman–Crippen MR) is 120 cm³/mol. The number of esters is 1. The van der Waals surface area contributed by atoms with E-state index >= 15 is 0 Å². The van der Waals surface area contributed by atoms with Gasteiger partial charge >= 0.3 is 5.97 Å². The second kappa shape index (κ2) is 8.10. The summed E-state index contributed by atoms with van der Waals surface area (Å²) in [6.07, 6.45) is -0.887. The van der Waals surface area contributed by atoms with Crippen molar-refractivity contribution in [2.24, 2.45) is 0 Å². The van der Waals surface area contributed by atoms with Crippen molar-refractivity contribution in [2.75, 3.05) is 13.1 Å². The largest absolute Gasteiger partial charge is 0.458 e. The molecule has 0 aliphatic carbocycles. The number of ether oxygens (including phenoxy) is 1. The summed E-state index contributed by atoms with van der Waals surface area (Å²) in [7, 11) is 0. The third kappa shape index (κ3) is 3.41. The average Bonchev–Trinajstić information content (AvgIpc) is 3.16. The number of aliphatic hydroxyl groups is 1. The molecular formula is C25H22FN3O4. The predicted octanol–water partition coefficient (Wildman–Crippen LogP) is 2.31. The number of hydrogen-bond acceptors (Lipinski definition) is 6. The minimum atomic E-state index is -1.53. The van der Waals surface area contributed by atoms with Gasteiger partial charge in [-0.15, -0.1) is 0 Å². The highest BCUT2D eigenvalue weighted by Crippen LogP contribution is 2.38. The zero-order valence-corrected chi connectivity index (χ0v) is 18.3. The van der Waals surface area contributed by atoms with Crippen LogP contribution in [0.5, 0.6) is 0 Å². The molecule has 33 heavy (non-hydrogen) atoms. The van der Waals surface area contributed by atoms with Gasteiger partial charge in [0.15, 0.2) is 6.10 Å². The lowest BCUT2D eigenvalue weighted by atomic mass is 9.98. The summed E-state index contributed by atoms with van der Waals surface area (Å²) in [5.74, 6) is 5.25. The van der Waals surface area contributed by atoms with E-state index in [4.69, 9.17) is 4.74 Å². The van der Waals surface area contributed by atoms with Crippen LogP contribution >= 0.6 is 0 Å². The SMILES string of the molecule is CCNCCC#Cc1c2c(nc3cc(F)c(C)cc13)-c1cc3c(c(=O)n1C2)COC(=O)C3O. The van der Waals surface area contributed by atoms with E-state index in [9.17, 15) is 19.1 Å². The number of carbonyl (C=O) groups excluding carboxylic acids is 1. The maximum absolute atomic E-state index is 14.4. The van der Waals surface area contributed by atoms with Gasteiger partial charge in [-0.05, 0) is 31.2 Å². The van der Waals surface area contributed by atoms with Crippen molar-refractivity contribution in [2.45, 2.75) is 39.5 Å².